The van der Waals surface area contributed by atoms with Crippen molar-refractivity contribution in [3.63, 3.8) is 0 Å². The predicted octanol–water partition coefficient (Wildman–Crippen LogP) is 0.674. The third kappa shape index (κ3) is 3.34. The van der Waals surface area contributed by atoms with Crippen molar-refractivity contribution < 1.29 is 39.6 Å². The van der Waals surface area contributed by atoms with Crippen molar-refractivity contribution in [2.45, 2.75) is 25.7 Å². The molecule has 0 fully saturated rings. The second kappa shape index (κ2) is 7.27. The minimum Gasteiger partial charge on any atom is -0.481 e. The first-order chi connectivity index (χ1) is 9.22. The van der Waals surface area contributed by atoms with Crippen molar-refractivity contribution in [1.29, 1.82) is 0 Å². The molecule has 0 aromatic rings. The van der Waals surface area contributed by atoms with Gasteiger partial charge in [-0.05, 0) is 19.3 Å². The van der Waals surface area contributed by atoms with E-state index in [0.29, 0.717) is 12.8 Å². The minimum absolute atomic E-state index is 0.179. The van der Waals surface area contributed by atoms with Crippen molar-refractivity contribution >= 4 is 23.9 Å². The highest BCUT2D eigenvalue weighted by Gasteiger charge is 2.62. The Kier molecular flexibility index (Phi) is 6.40. The van der Waals surface area contributed by atoms with Gasteiger partial charge in [0.15, 0.2) is 0 Å². The largest absolute Gasteiger partial charge is 0.481 e. The fourth-order valence-corrected chi connectivity index (χ4v) is 1.88. The third-order valence-electron chi connectivity index (χ3n) is 2.98. The van der Waals surface area contributed by atoms with E-state index in [2.05, 4.69) is 6.58 Å². The summed E-state index contributed by atoms with van der Waals surface area (Å²) in [6.45, 7) is 3.45. The van der Waals surface area contributed by atoms with E-state index in [-0.39, 0.29) is 12.8 Å². The fourth-order valence-electron chi connectivity index (χ4n) is 1.88. The standard InChI is InChI=1S/C12H16O8/c1-2-3-4-5-6-7(8(13)14)12(9(15)16,10(17)18)11(19)20/h2,7H,1,3-6H2,(H,13,14)(H,15,16)(H,17,18)(H,19,20). The first-order valence-corrected chi connectivity index (χ1v) is 5.76. The molecule has 0 aliphatic carbocycles. The number of carbonyl (C=O) groups is 4. The Morgan fingerprint density at radius 1 is 0.950 bits per heavy atom. The molecular weight excluding hydrogens is 272 g/mol. The third-order valence-corrected chi connectivity index (χ3v) is 2.98. The SMILES string of the molecule is C=CCCCCC(C(=O)O)C(C(=O)O)(C(=O)O)C(=O)O. The number of hydrogen-bond donors (Lipinski definition) is 4. The van der Waals surface area contributed by atoms with Gasteiger partial charge in [0.2, 0.25) is 0 Å². The molecule has 0 spiro atoms. The first-order valence-electron chi connectivity index (χ1n) is 5.76. The van der Waals surface area contributed by atoms with Crippen LogP contribution in [0.15, 0.2) is 12.7 Å². The van der Waals surface area contributed by atoms with E-state index in [4.69, 9.17) is 20.4 Å². The predicted molar refractivity (Wildman–Crippen MR) is 65.1 cm³/mol. The van der Waals surface area contributed by atoms with Crippen LogP contribution in [-0.2, 0) is 19.2 Å². The lowest BCUT2D eigenvalue weighted by Crippen LogP contribution is -2.54. The van der Waals surface area contributed by atoms with Gasteiger partial charge in [0.1, 0.15) is 0 Å². The quantitative estimate of drug-likeness (QED) is 0.260. The average Bonchev–Trinajstić information content (AvgIpc) is 2.31. The lowest BCUT2D eigenvalue weighted by Gasteiger charge is -2.26. The Hall–Kier alpha value is -2.38. The van der Waals surface area contributed by atoms with Crippen molar-refractivity contribution in [2.75, 3.05) is 0 Å². The molecule has 0 radical (unpaired) electrons. The number of unbranched alkanes of at least 4 members (excludes halogenated alkanes) is 2. The lowest BCUT2D eigenvalue weighted by atomic mass is 9.72. The Morgan fingerprint density at radius 2 is 1.40 bits per heavy atom. The molecule has 0 saturated carbocycles. The van der Waals surface area contributed by atoms with Gasteiger partial charge in [0.05, 0.1) is 5.92 Å². The number of aliphatic carboxylic acids is 4. The summed E-state index contributed by atoms with van der Waals surface area (Å²) in [4.78, 5) is 44.4. The fraction of sp³-hybridized carbons (Fsp3) is 0.500. The van der Waals surface area contributed by atoms with Crippen LogP contribution >= 0.6 is 0 Å². The second-order valence-electron chi connectivity index (χ2n) is 4.19. The zero-order chi connectivity index (χ0) is 15.9. The smallest absolute Gasteiger partial charge is 0.333 e. The molecule has 0 aromatic carbocycles. The van der Waals surface area contributed by atoms with Crippen molar-refractivity contribution in [1.82, 2.24) is 0 Å². The van der Waals surface area contributed by atoms with Crippen molar-refractivity contribution in [2.24, 2.45) is 11.3 Å². The summed E-state index contributed by atoms with van der Waals surface area (Å²) in [7, 11) is 0. The number of allylic oxidation sites excluding steroid dienone is 1. The van der Waals surface area contributed by atoms with E-state index < -0.39 is 35.2 Å². The van der Waals surface area contributed by atoms with E-state index in [9.17, 15) is 19.2 Å². The molecule has 0 saturated heterocycles. The molecule has 0 aliphatic rings. The van der Waals surface area contributed by atoms with Gasteiger partial charge in [-0.25, -0.2) is 0 Å². The zero-order valence-corrected chi connectivity index (χ0v) is 10.6. The highest BCUT2D eigenvalue weighted by Crippen LogP contribution is 2.34. The second-order valence-corrected chi connectivity index (χ2v) is 4.19. The van der Waals surface area contributed by atoms with Crippen molar-refractivity contribution in [3.05, 3.63) is 12.7 Å². The Morgan fingerprint density at radius 3 is 1.70 bits per heavy atom. The van der Waals surface area contributed by atoms with Gasteiger partial charge >= 0.3 is 23.9 Å². The van der Waals surface area contributed by atoms with E-state index in [1.54, 1.807) is 6.08 Å². The summed E-state index contributed by atoms with van der Waals surface area (Å²) in [5.41, 5.74) is -3.39. The van der Waals surface area contributed by atoms with Gasteiger partial charge in [-0.1, -0.05) is 12.5 Å². The molecule has 20 heavy (non-hydrogen) atoms. The topological polar surface area (TPSA) is 149 Å². The summed E-state index contributed by atoms with van der Waals surface area (Å²) >= 11 is 0. The highest BCUT2D eigenvalue weighted by atomic mass is 16.4. The summed E-state index contributed by atoms with van der Waals surface area (Å²) in [6.07, 6.45) is 2.37. The molecule has 112 valence electrons. The number of rotatable bonds is 10. The molecule has 0 aliphatic heterocycles. The van der Waals surface area contributed by atoms with Crippen LogP contribution in [0.3, 0.4) is 0 Å². The van der Waals surface area contributed by atoms with Crippen LogP contribution in [0, 0.1) is 11.3 Å². The van der Waals surface area contributed by atoms with E-state index in [1.165, 1.54) is 0 Å². The van der Waals surface area contributed by atoms with E-state index in [1.807, 2.05) is 0 Å². The average molecular weight is 288 g/mol. The molecular formula is C12H16O8. The normalized spacial score (nSPS) is 12.4. The Labute approximate surface area is 114 Å². The molecule has 1 atom stereocenters. The van der Waals surface area contributed by atoms with Crippen LogP contribution in [0.25, 0.3) is 0 Å². The van der Waals surface area contributed by atoms with Crippen LogP contribution in [0.5, 0.6) is 0 Å². The lowest BCUT2D eigenvalue weighted by molar-refractivity contribution is -0.186. The first kappa shape index (κ1) is 17.6. The molecule has 8 nitrogen and oxygen atoms in total. The monoisotopic (exact) mass is 288 g/mol. The molecule has 0 aromatic heterocycles. The summed E-state index contributed by atoms with van der Waals surface area (Å²) in [5, 5.41) is 35.8. The maximum Gasteiger partial charge on any atom is 0.333 e. The number of carboxylic acid groups (broad SMARTS) is 4. The van der Waals surface area contributed by atoms with E-state index in [0.717, 1.165) is 0 Å². The summed E-state index contributed by atoms with van der Waals surface area (Å²) in [5.74, 6) is -10.4. The minimum atomic E-state index is -3.39. The maximum atomic E-state index is 11.1. The molecule has 0 rings (SSSR count). The molecule has 8 heteroatoms. The Bertz CT molecular complexity index is 389. The van der Waals surface area contributed by atoms with E-state index >= 15 is 0 Å². The highest BCUT2D eigenvalue weighted by molar-refractivity contribution is 6.18. The summed E-state index contributed by atoms with van der Waals surface area (Å²) in [6, 6.07) is 0. The molecule has 0 bridgehead atoms. The summed E-state index contributed by atoms with van der Waals surface area (Å²) < 4.78 is 0. The van der Waals surface area contributed by atoms with Crippen LogP contribution < -0.4 is 0 Å². The molecule has 1 unspecified atom stereocenters. The molecule has 4 N–H and O–H groups in total. The van der Waals surface area contributed by atoms with Gasteiger partial charge < -0.3 is 20.4 Å². The van der Waals surface area contributed by atoms with Gasteiger partial charge in [-0.15, -0.1) is 6.58 Å². The van der Waals surface area contributed by atoms with Crippen molar-refractivity contribution in [3.8, 4) is 0 Å². The van der Waals surface area contributed by atoms with Crippen LogP contribution in [0.1, 0.15) is 25.7 Å². The Balaban J connectivity index is 5.50. The van der Waals surface area contributed by atoms with Gasteiger partial charge in [0.25, 0.3) is 5.41 Å². The zero-order valence-electron chi connectivity index (χ0n) is 10.6. The molecule has 0 amide bonds. The molecule has 0 heterocycles. The number of carboxylic acids is 4. The van der Waals surface area contributed by atoms with Crippen LogP contribution in [0.2, 0.25) is 0 Å². The van der Waals surface area contributed by atoms with Gasteiger partial charge in [-0.2, -0.15) is 0 Å². The maximum absolute atomic E-state index is 11.1. The number of hydrogen-bond acceptors (Lipinski definition) is 4. The van der Waals surface area contributed by atoms with Crippen LogP contribution in [-0.4, -0.2) is 44.3 Å². The van der Waals surface area contributed by atoms with Crippen LogP contribution in [0.4, 0.5) is 0 Å². The van der Waals surface area contributed by atoms with Gasteiger partial charge in [-0.3, -0.25) is 19.2 Å². The van der Waals surface area contributed by atoms with Gasteiger partial charge in [0, 0.05) is 0 Å².